The van der Waals surface area contributed by atoms with Crippen molar-refractivity contribution in [3.63, 3.8) is 0 Å². The number of furan rings is 1. The van der Waals surface area contributed by atoms with Gasteiger partial charge in [-0.2, -0.15) is 0 Å². The number of hydrogen-bond acceptors (Lipinski definition) is 4. The Kier molecular flexibility index (Phi) is 3.49. The SMILES string of the molecule is O=C(O)C1CN(C(=O)c2ccc(Br)o2)CCO1. The maximum absolute atomic E-state index is 11.9. The summed E-state index contributed by atoms with van der Waals surface area (Å²) in [7, 11) is 0. The van der Waals surface area contributed by atoms with Gasteiger partial charge in [0, 0.05) is 6.54 Å². The lowest BCUT2D eigenvalue weighted by atomic mass is 10.2. The number of aliphatic carboxylic acids is 1. The molecular weight excluding hydrogens is 294 g/mol. The molecule has 1 atom stereocenters. The molecule has 17 heavy (non-hydrogen) atoms. The van der Waals surface area contributed by atoms with E-state index in [-0.39, 0.29) is 24.8 Å². The Morgan fingerprint density at radius 1 is 1.47 bits per heavy atom. The fraction of sp³-hybridized carbons (Fsp3) is 0.400. The van der Waals surface area contributed by atoms with E-state index in [0.29, 0.717) is 11.2 Å². The molecule has 0 saturated carbocycles. The van der Waals surface area contributed by atoms with Crippen LogP contribution in [0.5, 0.6) is 0 Å². The minimum Gasteiger partial charge on any atom is -0.479 e. The second kappa shape index (κ2) is 4.89. The average Bonchev–Trinajstić information content (AvgIpc) is 2.75. The highest BCUT2D eigenvalue weighted by Gasteiger charge is 2.30. The van der Waals surface area contributed by atoms with Crippen LogP contribution in [0.15, 0.2) is 21.2 Å². The minimum absolute atomic E-state index is 0.0342. The summed E-state index contributed by atoms with van der Waals surface area (Å²) >= 11 is 3.10. The molecule has 6 nitrogen and oxygen atoms in total. The second-order valence-corrected chi connectivity index (χ2v) is 4.33. The molecule has 92 valence electrons. The third-order valence-corrected chi connectivity index (χ3v) is 2.84. The average molecular weight is 304 g/mol. The van der Waals surface area contributed by atoms with Crippen LogP contribution in [0.3, 0.4) is 0 Å². The second-order valence-electron chi connectivity index (χ2n) is 3.55. The van der Waals surface area contributed by atoms with E-state index in [1.807, 2.05) is 0 Å². The summed E-state index contributed by atoms with van der Waals surface area (Å²) in [5.41, 5.74) is 0. The summed E-state index contributed by atoms with van der Waals surface area (Å²) in [5.74, 6) is -1.21. The Morgan fingerprint density at radius 2 is 2.24 bits per heavy atom. The predicted molar refractivity (Wildman–Crippen MR) is 59.7 cm³/mol. The van der Waals surface area contributed by atoms with Crippen LogP contribution < -0.4 is 0 Å². The van der Waals surface area contributed by atoms with E-state index in [4.69, 9.17) is 14.3 Å². The predicted octanol–water partition coefficient (Wildman–Crippen LogP) is 0.968. The van der Waals surface area contributed by atoms with Crippen LogP contribution in [-0.4, -0.2) is 47.7 Å². The van der Waals surface area contributed by atoms with Crippen LogP contribution in [0.4, 0.5) is 0 Å². The van der Waals surface area contributed by atoms with Crippen molar-refractivity contribution in [2.75, 3.05) is 19.7 Å². The summed E-state index contributed by atoms with van der Waals surface area (Å²) in [5, 5.41) is 8.82. The van der Waals surface area contributed by atoms with Gasteiger partial charge >= 0.3 is 5.97 Å². The first-order valence-electron chi connectivity index (χ1n) is 4.97. The zero-order chi connectivity index (χ0) is 12.4. The van der Waals surface area contributed by atoms with Crippen LogP contribution in [0.2, 0.25) is 0 Å². The molecule has 1 aromatic heterocycles. The number of halogens is 1. The maximum atomic E-state index is 11.9. The number of carbonyl (C=O) groups excluding carboxylic acids is 1. The van der Waals surface area contributed by atoms with Crippen LogP contribution in [0, 0.1) is 0 Å². The topological polar surface area (TPSA) is 80.0 Å². The van der Waals surface area contributed by atoms with Crippen LogP contribution in [0.25, 0.3) is 0 Å². The number of carbonyl (C=O) groups is 2. The zero-order valence-corrected chi connectivity index (χ0v) is 10.3. The van der Waals surface area contributed by atoms with Crippen molar-refractivity contribution in [1.82, 2.24) is 4.90 Å². The molecule has 1 unspecified atom stereocenters. The third kappa shape index (κ3) is 2.67. The van der Waals surface area contributed by atoms with Gasteiger partial charge in [0.25, 0.3) is 5.91 Å². The molecule has 0 spiro atoms. The molecular formula is C10H10BrNO5. The van der Waals surface area contributed by atoms with Crippen molar-refractivity contribution in [3.8, 4) is 0 Å². The smallest absolute Gasteiger partial charge is 0.334 e. The largest absolute Gasteiger partial charge is 0.479 e. The molecule has 0 bridgehead atoms. The Labute approximate surface area is 105 Å². The molecule has 0 aliphatic carbocycles. The number of amides is 1. The van der Waals surface area contributed by atoms with E-state index in [1.54, 1.807) is 6.07 Å². The van der Waals surface area contributed by atoms with Crippen LogP contribution in [0.1, 0.15) is 10.6 Å². The van der Waals surface area contributed by atoms with Gasteiger partial charge in [0.1, 0.15) is 0 Å². The van der Waals surface area contributed by atoms with E-state index in [0.717, 1.165) is 0 Å². The molecule has 0 radical (unpaired) electrons. The van der Waals surface area contributed by atoms with Crippen molar-refractivity contribution >= 4 is 27.8 Å². The highest BCUT2D eigenvalue weighted by Crippen LogP contribution is 2.17. The molecule has 7 heteroatoms. The highest BCUT2D eigenvalue weighted by atomic mass is 79.9. The number of carboxylic acid groups (broad SMARTS) is 1. The Morgan fingerprint density at radius 3 is 2.82 bits per heavy atom. The number of nitrogens with zero attached hydrogens (tertiary/aromatic N) is 1. The summed E-state index contributed by atoms with van der Waals surface area (Å²) in [6.07, 6.45) is -0.967. The fourth-order valence-corrected chi connectivity index (χ4v) is 1.87. The van der Waals surface area contributed by atoms with E-state index < -0.39 is 12.1 Å². The van der Waals surface area contributed by atoms with Crippen molar-refractivity contribution < 1.29 is 23.8 Å². The van der Waals surface area contributed by atoms with E-state index >= 15 is 0 Å². The number of carboxylic acids is 1. The van der Waals surface area contributed by atoms with Gasteiger partial charge in [-0.05, 0) is 28.1 Å². The van der Waals surface area contributed by atoms with Crippen molar-refractivity contribution in [1.29, 1.82) is 0 Å². The molecule has 1 saturated heterocycles. The summed E-state index contributed by atoms with van der Waals surface area (Å²) in [6.45, 7) is 0.609. The summed E-state index contributed by atoms with van der Waals surface area (Å²) < 4.78 is 10.6. The number of hydrogen-bond donors (Lipinski definition) is 1. The Hall–Kier alpha value is -1.34. The van der Waals surface area contributed by atoms with Gasteiger partial charge in [0.2, 0.25) is 0 Å². The molecule has 1 aliphatic heterocycles. The molecule has 1 aliphatic rings. The Balaban J connectivity index is 2.07. The van der Waals surface area contributed by atoms with E-state index in [9.17, 15) is 9.59 Å². The normalized spacial score (nSPS) is 20.3. The molecule has 1 fully saturated rings. The third-order valence-electron chi connectivity index (χ3n) is 2.41. The van der Waals surface area contributed by atoms with E-state index in [1.165, 1.54) is 11.0 Å². The highest BCUT2D eigenvalue weighted by molar-refractivity contribution is 9.10. The number of rotatable bonds is 2. The van der Waals surface area contributed by atoms with Gasteiger partial charge < -0.3 is 19.2 Å². The van der Waals surface area contributed by atoms with E-state index in [2.05, 4.69) is 15.9 Å². The zero-order valence-electron chi connectivity index (χ0n) is 8.76. The first kappa shape index (κ1) is 12.1. The summed E-state index contributed by atoms with van der Waals surface area (Å²) in [4.78, 5) is 24.1. The van der Waals surface area contributed by atoms with Crippen LogP contribution >= 0.6 is 15.9 Å². The molecule has 2 heterocycles. The summed E-state index contributed by atoms with van der Waals surface area (Å²) in [6, 6.07) is 3.15. The van der Waals surface area contributed by atoms with Crippen molar-refractivity contribution in [2.24, 2.45) is 0 Å². The lowest BCUT2D eigenvalue weighted by molar-refractivity contribution is -0.154. The van der Waals surface area contributed by atoms with Crippen LogP contribution in [-0.2, 0) is 9.53 Å². The molecule has 2 rings (SSSR count). The fourth-order valence-electron chi connectivity index (χ4n) is 1.57. The molecule has 1 amide bonds. The molecule has 1 aromatic rings. The van der Waals surface area contributed by atoms with Gasteiger partial charge in [-0.25, -0.2) is 4.79 Å². The van der Waals surface area contributed by atoms with Gasteiger partial charge in [-0.3, -0.25) is 4.79 Å². The van der Waals surface area contributed by atoms with Crippen molar-refractivity contribution in [2.45, 2.75) is 6.10 Å². The molecule has 0 aromatic carbocycles. The van der Waals surface area contributed by atoms with Crippen molar-refractivity contribution in [3.05, 3.63) is 22.6 Å². The minimum atomic E-state index is -1.07. The first-order valence-corrected chi connectivity index (χ1v) is 5.76. The first-order chi connectivity index (χ1) is 8.08. The monoisotopic (exact) mass is 303 g/mol. The standard InChI is InChI=1S/C10H10BrNO5/c11-8-2-1-6(17-8)9(13)12-3-4-16-7(5-12)10(14)15/h1-2,7H,3-5H2,(H,14,15). The van der Waals surface area contributed by atoms with Gasteiger partial charge in [0.05, 0.1) is 13.2 Å². The van der Waals surface area contributed by atoms with Gasteiger partial charge in [-0.1, -0.05) is 0 Å². The quantitative estimate of drug-likeness (QED) is 0.880. The maximum Gasteiger partial charge on any atom is 0.334 e. The lowest BCUT2D eigenvalue weighted by Gasteiger charge is -2.30. The molecule has 1 N–H and O–H groups in total. The number of morpholine rings is 1. The van der Waals surface area contributed by atoms with Gasteiger partial charge in [-0.15, -0.1) is 0 Å². The lowest BCUT2D eigenvalue weighted by Crippen LogP contribution is -2.48. The van der Waals surface area contributed by atoms with Gasteiger partial charge in [0.15, 0.2) is 16.5 Å². The number of ether oxygens (including phenoxy) is 1. The Bertz CT molecular complexity index is 444.